The lowest BCUT2D eigenvalue weighted by Gasteiger charge is -2.29. The molecule has 0 radical (unpaired) electrons. The van der Waals surface area contributed by atoms with E-state index in [2.05, 4.69) is 15.5 Å². The SMILES string of the molecule is CC(CN1CCOCC1)NC(=O)NC(=O)CCCC(=O)O. The number of carboxylic acids is 1. The molecule has 8 heteroatoms. The van der Waals surface area contributed by atoms with Crippen molar-refractivity contribution in [2.75, 3.05) is 32.8 Å². The highest BCUT2D eigenvalue weighted by molar-refractivity contribution is 5.94. The quantitative estimate of drug-likeness (QED) is 0.600. The van der Waals surface area contributed by atoms with E-state index in [1.165, 1.54) is 0 Å². The van der Waals surface area contributed by atoms with E-state index in [9.17, 15) is 14.4 Å². The molecule has 0 aromatic heterocycles. The van der Waals surface area contributed by atoms with Crippen LogP contribution < -0.4 is 10.6 Å². The number of nitrogens with zero attached hydrogens (tertiary/aromatic N) is 1. The van der Waals surface area contributed by atoms with Crippen LogP contribution in [-0.4, -0.2) is 66.8 Å². The van der Waals surface area contributed by atoms with Gasteiger partial charge >= 0.3 is 12.0 Å². The summed E-state index contributed by atoms with van der Waals surface area (Å²) in [6.07, 6.45) is 0.164. The van der Waals surface area contributed by atoms with Crippen molar-refractivity contribution < 1.29 is 24.2 Å². The smallest absolute Gasteiger partial charge is 0.321 e. The molecule has 1 unspecified atom stereocenters. The molecule has 120 valence electrons. The van der Waals surface area contributed by atoms with Gasteiger partial charge in [0.1, 0.15) is 0 Å². The summed E-state index contributed by atoms with van der Waals surface area (Å²) in [5.74, 6) is -1.42. The fraction of sp³-hybridized carbons (Fsp3) is 0.769. The molecular formula is C13H23N3O5. The van der Waals surface area contributed by atoms with Gasteiger partial charge in [0.2, 0.25) is 5.91 Å². The zero-order chi connectivity index (χ0) is 15.7. The summed E-state index contributed by atoms with van der Waals surface area (Å²) in [6, 6.07) is -0.633. The van der Waals surface area contributed by atoms with Gasteiger partial charge in [-0.1, -0.05) is 0 Å². The molecule has 0 aliphatic carbocycles. The molecule has 1 aliphatic heterocycles. The Balaban J connectivity index is 2.16. The minimum absolute atomic E-state index is 0.0254. The van der Waals surface area contributed by atoms with Gasteiger partial charge in [-0.15, -0.1) is 0 Å². The van der Waals surface area contributed by atoms with Gasteiger partial charge in [-0.05, 0) is 13.3 Å². The van der Waals surface area contributed by atoms with E-state index in [1.54, 1.807) is 0 Å². The molecule has 1 rings (SSSR count). The molecule has 0 aromatic rings. The van der Waals surface area contributed by atoms with Crippen LogP contribution in [0.5, 0.6) is 0 Å². The fourth-order valence-corrected chi connectivity index (χ4v) is 2.07. The van der Waals surface area contributed by atoms with Crippen molar-refractivity contribution >= 4 is 17.9 Å². The van der Waals surface area contributed by atoms with Gasteiger partial charge in [-0.3, -0.25) is 19.8 Å². The van der Waals surface area contributed by atoms with Gasteiger partial charge in [-0.2, -0.15) is 0 Å². The van der Waals surface area contributed by atoms with Crippen molar-refractivity contribution in [3.63, 3.8) is 0 Å². The maximum Gasteiger partial charge on any atom is 0.321 e. The number of aliphatic carboxylic acids is 1. The summed E-state index contributed by atoms with van der Waals surface area (Å²) >= 11 is 0. The summed E-state index contributed by atoms with van der Waals surface area (Å²) in [5.41, 5.74) is 0. The molecule has 1 heterocycles. The fourth-order valence-electron chi connectivity index (χ4n) is 2.07. The Labute approximate surface area is 123 Å². The van der Waals surface area contributed by atoms with Crippen LogP contribution in [0, 0.1) is 0 Å². The van der Waals surface area contributed by atoms with Crippen LogP contribution in [-0.2, 0) is 14.3 Å². The molecule has 8 nitrogen and oxygen atoms in total. The number of imide groups is 1. The van der Waals surface area contributed by atoms with E-state index in [0.29, 0.717) is 19.8 Å². The summed E-state index contributed by atoms with van der Waals surface area (Å²) < 4.78 is 5.24. The van der Waals surface area contributed by atoms with Crippen LogP contribution in [0.25, 0.3) is 0 Å². The summed E-state index contributed by atoms with van der Waals surface area (Å²) in [6.45, 7) is 5.62. The molecule has 1 saturated heterocycles. The second kappa shape index (κ2) is 9.30. The van der Waals surface area contributed by atoms with Gasteiger partial charge < -0.3 is 15.2 Å². The monoisotopic (exact) mass is 301 g/mol. The second-order valence-corrected chi connectivity index (χ2v) is 5.08. The number of carboxylic acid groups (broad SMARTS) is 1. The standard InChI is InChI=1S/C13H23N3O5/c1-10(9-16-5-7-21-8-6-16)14-13(20)15-11(17)3-2-4-12(18)19/h10H,2-9H2,1H3,(H,18,19)(H2,14,15,17,20). The Morgan fingerprint density at radius 1 is 1.24 bits per heavy atom. The first-order valence-electron chi connectivity index (χ1n) is 7.09. The van der Waals surface area contributed by atoms with Gasteiger partial charge in [0.05, 0.1) is 13.2 Å². The normalized spacial score (nSPS) is 17.0. The molecule has 1 aliphatic rings. The highest BCUT2D eigenvalue weighted by Gasteiger charge is 2.16. The van der Waals surface area contributed by atoms with Crippen molar-refractivity contribution in [1.29, 1.82) is 0 Å². The van der Waals surface area contributed by atoms with E-state index in [1.807, 2.05) is 6.92 Å². The molecule has 21 heavy (non-hydrogen) atoms. The van der Waals surface area contributed by atoms with E-state index in [-0.39, 0.29) is 25.3 Å². The summed E-state index contributed by atoms with van der Waals surface area (Å²) in [4.78, 5) is 35.5. The van der Waals surface area contributed by atoms with Crippen molar-refractivity contribution in [2.24, 2.45) is 0 Å². The predicted molar refractivity (Wildman–Crippen MR) is 74.9 cm³/mol. The first-order chi connectivity index (χ1) is 9.97. The number of ether oxygens (including phenoxy) is 1. The van der Waals surface area contributed by atoms with Gasteiger partial charge in [0, 0.05) is 38.5 Å². The van der Waals surface area contributed by atoms with E-state index in [4.69, 9.17) is 9.84 Å². The molecule has 0 saturated carbocycles. The third-order valence-corrected chi connectivity index (χ3v) is 3.06. The zero-order valence-corrected chi connectivity index (χ0v) is 12.3. The van der Waals surface area contributed by atoms with Crippen LogP contribution in [0.15, 0.2) is 0 Å². The lowest BCUT2D eigenvalue weighted by Crippen LogP contribution is -2.49. The molecule has 0 bridgehead atoms. The second-order valence-electron chi connectivity index (χ2n) is 5.08. The average molecular weight is 301 g/mol. The Morgan fingerprint density at radius 2 is 1.90 bits per heavy atom. The van der Waals surface area contributed by atoms with Crippen molar-refractivity contribution in [3.8, 4) is 0 Å². The van der Waals surface area contributed by atoms with E-state index >= 15 is 0 Å². The lowest BCUT2D eigenvalue weighted by atomic mass is 10.2. The minimum Gasteiger partial charge on any atom is -0.481 e. The highest BCUT2D eigenvalue weighted by atomic mass is 16.5. The van der Waals surface area contributed by atoms with Crippen molar-refractivity contribution in [1.82, 2.24) is 15.5 Å². The van der Waals surface area contributed by atoms with Crippen LogP contribution in [0.2, 0.25) is 0 Å². The minimum atomic E-state index is -0.952. The molecule has 0 aromatic carbocycles. The zero-order valence-electron chi connectivity index (χ0n) is 12.3. The first kappa shape index (κ1) is 17.4. The summed E-state index contributed by atoms with van der Waals surface area (Å²) in [5, 5.41) is 13.3. The van der Waals surface area contributed by atoms with Crippen LogP contribution in [0.4, 0.5) is 4.79 Å². The number of amides is 3. The number of nitrogens with one attached hydrogen (secondary N) is 2. The van der Waals surface area contributed by atoms with Crippen molar-refractivity contribution in [3.05, 3.63) is 0 Å². The van der Waals surface area contributed by atoms with Crippen molar-refractivity contribution in [2.45, 2.75) is 32.2 Å². The Kier molecular flexibility index (Phi) is 7.70. The number of hydrogen-bond acceptors (Lipinski definition) is 5. The van der Waals surface area contributed by atoms with Gasteiger partial charge in [0.25, 0.3) is 0 Å². The first-order valence-corrected chi connectivity index (χ1v) is 7.09. The number of rotatable bonds is 7. The Bertz CT molecular complexity index is 369. The molecule has 1 fully saturated rings. The molecule has 3 amide bonds. The maximum absolute atomic E-state index is 11.6. The third-order valence-electron chi connectivity index (χ3n) is 3.06. The number of hydrogen-bond donors (Lipinski definition) is 3. The van der Waals surface area contributed by atoms with Crippen LogP contribution in [0.3, 0.4) is 0 Å². The number of carbonyl (C=O) groups excluding carboxylic acids is 2. The van der Waals surface area contributed by atoms with E-state index < -0.39 is 17.9 Å². The topological polar surface area (TPSA) is 108 Å². The van der Waals surface area contributed by atoms with Crippen LogP contribution in [0.1, 0.15) is 26.2 Å². The molecule has 0 spiro atoms. The lowest BCUT2D eigenvalue weighted by molar-refractivity contribution is -0.137. The number of morpholine rings is 1. The van der Waals surface area contributed by atoms with Gasteiger partial charge in [0.15, 0.2) is 0 Å². The highest BCUT2D eigenvalue weighted by Crippen LogP contribution is 1.98. The van der Waals surface area contributed by atoms with Crippen LogP contribution >= 0.6 is 0 Å². The maximum atomic E-state index is 11.6. The molecule has 1 atom stereocenters. The van der Waals surface area contributed by atoms with E-state index in [0.717, 1.165) is 13.1 Å². The number of urea groups is 1. The Morgan fingerprint density at radius 3 is 2.52 bits per heavy atom. The number of carbonyl (C=O) groups is 3. The Hall–Kier alpha value is -1.67. The molecular weight excluding hydrogens is 278 g/mol. The average Bonchev–Trinajstić information content (AvgIpc) is 2.38. The summed E-state index contributed by atoms with van der Waals surface area (Å²) in [7, 11) is 0. The largest absolute Gasteiger partial charge is 0.481 e. The van der Waals surface area contributed by atoms with Gasteiger partial charge in [-0.25, -0.2) is 4.79 Å². The predicted octanol–water partition coefficient (Wildman–Crippen LogP) is -0.212. The molecule has 3 N–H and O–H groups in total. The third kappa shape index (κ3) is 8.26.